The van der Waals surface area contributed by atoms with Gasteiger partial charge in [0.25, 0.3) is 0 Å². The molecule has 13 heavy (non-hydrogen) atoms. The first-order valence-corrected chi connectivity index (χ1v) is 3.92. The number of rotatable bonds is 3. The van der Waals surface area contributed by atoms with Gasteiger partial charge < -0.3 is 9.84 Å². The minimum Gasteiger partial charge on any atom is -0.463 e. The van der Waals surface area contributed by atoms with Gasteiger partial charge in [-0.15, -0.1) is 0 Å². The monoisotopic (exact) mass is 181 g/mol. The molecular formula is C9H11NO3. The number of aliphatic hydroxyl groups excluding tert-OH is 1. The number of aliphatic hydroxyl groups is 1. The Morgan fingerprint density at radius 2 is 2.46 bits per heavy atom. The molecule has 0 fully saturated rings. The first kappa shape index (κ1) is 9.67. The van der Waals surface area contributed by atoms with Gasteiger partial charge in [0.15, 0.2) is 0 Å². The summed E-state index contributed by atoms with van der Waals surface area (Å²) >= 11 is 0. The molecule has 1 heterocycles. The molecule has 0 saturated heterocycles. The van der Waals surface area contributed by atoms with Crippen molar-refractivity contribution in [2.24, 2.45) is 0 Å². The highest BCUT2D eigenvalue weighted by Gasteiger charge is 2.09. The molecule has 4 heteroatoms. The van der Waals surface area contributed by atoms with Crippen molar-refractivity contribution >= 4 is 5.97 Å². The average molecular weight is 181 g/mol. The predicted molar refractivity (Wildman–Crippen MR) is 45.8 cm³/mol. The zero-order valence-electron chi connectivity index (χ0n) is 7.30. The van der Waals surface area contributed by atoms with Crippen LogP contribution in [0, 0.1) is 0 Å². The molecule has 1 unspecified atom stereocenters. The number of hydrogen-bond donors (Lipinski definition) is 1. The summed E-state index contributed by atoms with van der Waals surface area (Å²) in [5.41, 5.74) is 0.503. The summed E-state index contributed by atoms with van der Waals surface area (Å²) in [6, 6.07) is 5.19. The number of esters is 1. The van der Waals surface area contributed by atoms with E-state index >= 15 is 0 Å². The van der Waals surface area contributed by atoms with Crippen molar-refractivity contribution in [1.82, 2.24) is 4.98 Å². The van der Waals surface area contributed by atoms with Gasteiger partial charge in [0.1, 0.15) is 12.7 Å². The van der Waals surface area contributed by atoms with E-state index in [1.165, 1.54) is 6.92 Å². The van der Waals surface area contributed by atoms with Crippen molar-refractivity contribution in [3.8, 4) is 0 Å². The fraction of sp³-hybridized carbons (Fsp3) is 0.333. The van der Waals surface area contributed by atoms with E-state index in [2.05, 4.69) is 9.72 Å². The summed E-state index contributed by atoms with van der Waals surface area (Å²) in [6.45, 7) is 1.25. The normalized spacial score (nSPS) is 12.2. The lowest BCUT2D eigenvalue weighted by Gasteiger charge is -2.08. The molecule has 0 aliphatic heterocycles. The van der Waals surface area contributed by atoms with E-state index in [1.807, 2.05) is 0 Å². The van der Waals surface area contributed by atoms with Crippen LogP contribution < -0.4 is 0 Å². The summed E-state index contributed by atoms with van der Waals surface area (Å²) in [4.78, 5) is 14.3. The topological polar surface area (TPSA) is 59.4 Å². The second kappa shape index (κ2) is 4.57. The Morgan fingerprint density at radius 3 is 3.00 bits per heavy atom. The third-order valence-electron chi connectivity index (χ3n) is 1.47. The lowest BCUT2D eigenvalue weighted by atomic mass is 10.2. The number of aromatic nitrogens is 1. The fourth-order valence-electron chi connectivity index (χ4n) is 0.855. The molecule has 0 bridgehead atoms. The Bertz CT molecular complexity index is 273. The van der Waals surface area contributed by atoms with Crippen LogP contribution in [0.2, 0.25) is 0 Å². The maximum absolute atomic E-state index is 10.4. The zero-order chi connectivity index (χ0) is 9.68. The van der Waals surface area contributed by atoms with Crippen LogP contribution in [0.5, 0.6) is 0 Å². The first-order chi connectivity index (χ1) is 6.20. The summed E-state index contributed by atoms with van der Waals surface area (Å²) in [5, 5.41) is 9.43. The van der Waals surface area contributed by atoms with Gasteiger partial charge in [-0.1, -0.05) is 6.07 Å². The van der Waals surface area contributed by atoms with Crippen LogP contribution >= 0.6 is 0 Å². The standard InChI is InChI=1S/C9H11NO3/c1-7(11)13-6-9(12)8-4-2-3-5-10-8/h2-5,9,12H,6H2,1H3. The van der Waals surface area contributed by atoms with Crippen LogP contribution in [0.1, 0.15) is 18.7 Å². The zero-order valence-corrected chi connectivity index (χ0v) is 7.30. The molecule has 0 radical (unpaired) electrons. The van der Waals surface area contributed by atoms with Crippen LogP contribution in [-0.4, -0.2) is 22.7 Å². The van der Waals surface area contributed by atoms with Crippen molar-refractivity contribution in [1.29, 1.82) is 0 Å². The number of pyridine rings is 1. The molecule has 4 nitrogen and oxygen atoms in total. The van der Waals surface area contributed by atoms with Crippen LogP contribution in [0.4, 0.5) is 0 Å². The van der Waals surface area contributed by atoms with E-state index in [9.17, 15) is 9.90 Å². The SMILES string of the molecule is CC(=O)OCC(O)c1ccccn1. The van der Waals surface area contributed by atoms with Gasteiger partial charge in [0, 0.05) is 13.1 Å². The quantitative estimate of drug-likeness (QED) is 0.696. The first-order valence-electron chi connectivity index (χ1n) is 3.92. The number of nitrogens with zero attached hydrogens (tertiary/aromatic N) is 1. The minimum absolute atomic E-state index is 0.0493. The average Bonchev–Trinajstić information content (AvgIpc) is 2.15. The molecular weight excluding hydrogens is 170 g/mol. The van der Waals surface area contributed by atoms with Crippen molar-refractivity contribution < 1.29 is 14.6 Å². The van der Waals surface area contributed by atoms with E-state index < -0.39 is 12.1 Å². The number of carbonyl (C=O) groups is 1. The summed E-state index contributed by atoms with van der Waals surface area (Å²) in [6.07, 6.45) is 0.733. The van der Waals surface area contributed by atoms with Crippen molar-refractivity contribution in [3.63, 3.8) is 0 Å². The van der Waals surface area contributed by atoms with Crippen molar-refractivity contribution in [2.45, 2.75) is 13.0 Å². The molecule has 0 aliphatic rings. The van der Waals surface area contributed by atoms with Gasteiger partial charge in [-0.05, 0) is 12.1 Å². The summed E-state index contributed by atoms with van der Waals surface area (Å²) < 4.78 is 4.63. The lowest BCUT2D eigenvalue weighted by Crippen LogP contribution is -2.11. The lowest BCUT2D eigenvalue weighted by molar-refractivity contribution is -0.144. The molecule has 1 aromatic heterocycles. The highest BCUT2D eigenvalue weighted by Crippen LogP contribution is 2.08. The van der Waals surface area contributed by atoms with Crippen LogP contribution in [0.3, 0.4) is 0 Å². The Kier molecular flexibility index (Phi) is 3.40. The molecule has 0 spiro atoms. The van der Waals surface area contributed by atoms with Crippen LogP contribution in [0.15, 0.2) is 24.4 Å². The Balaban J connectivity index is 2.49. The van der Waals surface area contributed by atoms with E-state index in [1.54, 1.807) is 24.4 Å². The molecule has 1 N–H and O–H groups in total. The van der Waals surface area contributed by atoms with Gasteiger partial charge in [-0.3, -0.25) is 9.78 Å². The maximum Gasteiger partial charge on any atom is 0.302 e. The number of hydrogen-bond acceptors (Lipinski definition) is 4. The Labute approximate surface area is 76.2 Å². The maximum atomic E-state index is 10.4. The van der Waals surface area contributed by atoms with Gasteiger partial charge in [0.05, 0.1) is 5.69 Å². The molecule has 1 atom stereocenters. The summed E-state index contributed by atoms with van der Waals surface area (Å²) in [5.74, 6) is -0.407. The molecule has 0 aromatic carbocycles. The van der Waals surface area contributed by atoms with Crippen LogP contribution in [0.25, 0.3) is 0 Å². The Hall–Kier alpha value is -1.42. The van der Waals surface area contributed by atoms with Crippen LogP contribution in [-0.2, 0) is 9.53 Å². The molecule has 0 saturated carbocycles. The van der Waals surface area contributed by atoms with Gasteiger partial charge in [-0.25, -0.2) is 0 Å². The molecule has 0 aliphatic carbocycles. The van der Waals surface area contributed by atoms with Gasteiger partial charge in [0.2, 0.25) is 0 Å². The second-order valence-corrected chi connectivity index (χ2v) is 2.57. The predicted octanol–water partition coefficient (Wildman–Crippen LogP) is 0.678. The Morgan fingerprint density at radius 1 is 1.69 bits per heavy atom. The molecule has 0 amide bonds. The smallest absolute Gasteiger partial charge is 0.302 e. The van der Waals surface area contributed by atoms with E-state index in [0.29, 0.717) is 5.69 Å². The van der Waals surface area contributed by atoms with E-state index in [4.69, 9.17) is 0 Å². The second-order valence-electron chi connectivity index (χ2n) is 2.57. The van der Waals surface area contributed by atoms with Gasteiger partial charge >= 0.3 is 5.97 Å². The fourth-order valence-corrected chi connectivity index (χ4v) is 0.855. The largest absolute Gasteiger partial charge is 0.463 e. The van der Waals surface area contributed by atoms with E-state index in [-0.39, 0.29) is 6.61 Å². The van der Waals surface area contributed by atoms with E-state index in [0.717, 1.165) is 0 Å². The minimum atomic E-state index is -0.843. The van der Waals surface area contributed by atoms with Crippen molar-refractivity contribution in [2.75, 3.05) is 6.61 Å². The molecule has 70 valence electrons. The summed E-state index contributed by atoms with van der Waals surface area (Å²) in [7, 11) is 0. The van der Waals surface area contributed by atoms with Crippen molar-refractivity contribution in [3.05, 3.63) is 30.1 Å². The molecule has 1 aromatic rings. The highest BCUT2D eigenvalue weighted by atomic mass is 16.5. The third kappa shape index (κ3) is 3.21. The number of ether oxygens (including phenoxy) is 1. The number of carbonyl (C=O) groups excluding carboxylic acids is 1. The van der Waals surface area contributed by atoms with Gasteiger partial charge in [-0.2, -0.15) is 0 Å². The molecule has 1 rings (SSSR count). The highest BCUT2D eigenvalue weighted by molar-refractivity contribution is 5.65. The third-order valence-corrected chi connectivity index (χ3v) is 1.47.